The molecule has 0 saturated heterocycles. The Bertz CT molecular complexity index is 2040. The third-order valence-electron chi connectivity index (χ3n) is 7.22. The first-order valence-electron chi connectivity index (χ1n) is 14.6. The van der Waals surface area contributed by atoms with E-state index < -0.39 is 38.6 Å². The third-order valence-corrected chi connectivity index (χ3v) is 9.44. The number of esters is 1. The first-order valence-corrected chi connectivity index (χ1v) is 16.2. The van der Waals surface area contributed by atoms with Gasteiger partial charge in [-0.15, -0.1) is 0 Å². The zero-order chi connectivity index (χ0) is 33.7. The lowest BCUT2D eigenvalue weighted by atomic mass is 10.2. The van der Waals surface area contributed by atoms with Gasteiger partial charge in [-0.3, -0.25) is 9.59 Å². The number of nitrogens with one attached hydrogen (secondary N) is 2. The lowest BCUT2D eigenvalue weighted by Gasteiger charge is -2.19. The number of sulfone groups is 1. The monoisotopic (exact) mass is 656 g/mol. The molecule has 0 saturated carbocycles. The maximum Gasteiger partial charge on any atom is 0.341 e. The molecule has 0 aliphatic heterocycles. The first kappa shape index (κ1) is 32.6. The Morgan fingerprint density at radius 1 is 0.957 bits per heavy atom. The highest BCUT2D eigenvalue weighted by molar-refractivity contribution is 7.92. The van der Waals surface area contributed by atoms with Gasteiger partial charge in [0.1, 0.15) is 23.0 Å². The number of aryl methyl sites for hydroxylation is 1. The lowest BCUT2D eigenvalue weighted by Crippen LogP contribution is -2.35. The molecular weight excluding hydrogens is 624 g/mol. The normalized spacial score (nSPS) is 11.9. The van der Waals surface area contributed by atoms with E-state index in [1.165, 1.54) is 47.8 Å². The number of phenolic OH excluding ortho intramolecular Hbond substituents is 1. The Labute approximate surface area is 270 Å². The van der Waals surface area contributed by atoms with Gasteiger partial charge in [-0.05, 0) is 50.6 Å². The fourth-order valence-electron chi connectivity index (χ4n) is 4.76. The summed E-state index contributed by atoms with van der Waals surface area (Å²) in [5.41, 5.74) is 1.82. The molecule has 0 aliphatic carbocycles. The number of carbonyl (C=O) groups is 3. The van der Waals surface area contributed by atoms with Gasteiger partial charge in [0.15, 0.2) is 9.84 Å². The second-order valence-electron chi connectivity index (χ2n) is 10.5. The molecule has 2 heterocycles. The van der Waals surface area contributed by atoms with E-state index in [0.29, 0.717) is 0 Å². The van der Waals surface area contributed by atoms with Crippen LogP contribution in [-0.2, 0) is 19.4 Å². The van der Waals surface area contributed by atoms with Crippen LogP contribution in [0.3, 0.4) is 0 Å². The van der Waals surface area contributed by atoms with E-state index in [9.17, 15) is 27.9 Å². The van der Waals surface area contributed by atoms with E-state index in [0.717, 1.165) is 17.3 Å². The molecule has 2 aromatic heterocycles. The van der Waals surface area contributed by atoms with E-state index in [2.05, 4.69) is 20.7 Å². The summed E-state index contributed by atoms with van der Waals surface area (Å²) in [6.45, 7) is 5.18. The second-order valence-corrected chi connectivity index (χ2v) is 12.6. The zero-order valence-electron chi connectivity index (χ0n) is 25.7. The number of hydrogen-bond donors (Lipinski definition) is 3. The Morgan fingerprint density at radius 3 is 2.36 bits per heavy atom. The number of amides is 2. The van der Waals surface area contributed by atoms with Crippen LogP contribution in [0.1, 0.15) is 46.7 Å². The highest BCUT2D eigenvalue weighted by atomic mass is 32.2. The molecule has 3 N–H and O–H groups in total. The van der Waals surface area contributed by atoms with E-state index in [4.69, 9.17) is 4.74 Å². The van der Waals surface area contributed by atoms with Crippen LogP contribution in [0.5, 0.6) is 5.75 Å². The molecule has 3 aromatic carbocycles. The standard InChI is InChI=1S/C33H32N6O7S/c1-4-30(47(44,45)24-13-11-21(3)12-14-24)32(42)36-25-16-29(40)26(15-28(25)39-18-22(17-35-39)33(43)46-5-2)37-31(41)27-19-38(20-34-27)23-9-7-6-8-10-23/h6-20,30,40H,4-5H2,1-3H3,(H,36,42)(H,37,41). The highest BCUT2D eigenvalue weighted by Gasteiger charge is 2.33. The molecule has 0 bridgehead atoms. The summed E-state index contributed by atoms with van der Waals surface area (Å²) in [5.74, 6) is -2.57. The Morgan fingerprint density at radius 2 is 1.68 bits per heavy atom. The van der Waals surface area contributed by atoms with Crippen molar-refractivity contribution in [2.45, 2.75) is 37.3 Å². The first-order chi connectivity index (χ1) is 22.5. The van der Waals surface area contributed by atoms with Crippen molar-refractivity contribution in [3.8, 4) is 17.1 Å². The summed E-state index contributed by atoms with van der Waals surface area (Å²) < 4.78 is 34.8. The predicted molar refractivity (Wildman–Crippen MR) is 174 cm³/mol. The molecule has 5 aromatic rings. The minimum absolute atomic E-state index is 0.00732. The number of ether oxygens (including phenoxy) is 1. The second kappa shape index (κ2) is 13.7. The quantitative estimate of drug-likeness (QED) is 0.135. The summed E-state index contributed by atoms with van der Waals surface area (Å²) >= 11 is 0. The smallest absolute Gasteiger partial charge is 0.341 e. The van der Waals surface area contributed by atoms with Gasteiger partial charge in [-0.2, -0.15) is 5.10 Å². The van der Waals surface area contributed by atoms with Crippen LogP contribution in [0, 0.1) is 6.92 Å². The summed E-state index contributed by atoms with van der Waals surface area (Å²) in [7, 11) is -4.09. The largest absolute Gasteiger partial charge is 0.506 e. The number of imidazole rings is 1. The molecule has 5 rings (SSSR count). The Hall–Kier alpha value is -5.76. The average Bonchev–Trinajstić information content (AvgIpc) is 3.75. The molecule has 1 unspecified atom stereocenters. The summed E-state index contributed by atoms with van der Waals surface area (Å²) in [5, 5.41) is 18.9. The Balaban J connectivity index is 1.49. The van der Waals surface area contributed by atoms with Crippen LogP contribution in [0.2, 0.25) is 0 Å². The molecule has 0 radical (unpaired) electrons. The van der Waals surface area contributed by atoms with Gasteiger partial charge in [-0.25, -0.2) is 22.9 Å². The van der Waals surface area contributed by atoms with Gasteiger partial charge >= 0.3 is 5.97 Å². The van der Waals surface area contributed by atoms with Crippen molar-refractivity contribution >= 4 is 39.0 Å². The van der Waals surface area contributed by atoms with E-state index in [-0.39, 0.29) is 46.2 Å². The summed E-state index contributed by atoms with van der Waals surface area (Å²) in [6, 6.07) is 17.9. The number of carbonyl (C=O) groups excluding carboxylic acids is 3. The van der Waals surface area contributed by atoms with Crippen molar-refractivity contribution in [3.05, 3.63) is 108 Å². The van der Waals surface area contributed by atoms with E-state index in [1.807, 2.05) is 37.3 Å². The van der Waals surface area contributed by atoms with E-state index in [1.54, 1.807) is 30.5 Å². The Kier molecular flexibility index (Phi) is 9.51. The number of aromatic nitrogens is 4. The zero-order valence-corrected chi connectivity index (χ0v) is 26.6. The number of nitrogens with zero attached hydrogens (tertiary/aromatic N) is 4. The van der Waals surface area contributed by atoms with Crippen molar-refractivity contribution < 1.29 is 32.6 Å². The SMILES string of the molecule is CCOC(=O)c1cnn(-c2cc(NC(=O)c3cn(-c4ccccc4)cn3)c(O)cc2NC(=O)C(CC)S(=O)(=O)c2ccc(C)cc2)c1. The van der Waals surface area contributed by atoms with Gasteiger partial charge in [-0.1, -0.05) is 42.8 Å². The summed E-state index contributed by atoms with van der Waals surface area (Å²) in [6.07, 6.45) is 5.55. The number of benzene rings is 3. The van der Waals surface area contributed by atoms with Crippen molar-refractivity contribution in [1.82, 2.24) is 19.3 Å². The minimum atomic E-state index is -4.09. The molecule has 14 heteroatoms. The molecule has 13 nitrogen and oxygen atoms in total. The minimum Gasteiger partial charge on any atom is -0.506 e. The van der Waals surface area contributed by atoms with Gasteiger partial charge in [0.2, 0.25) is 5.91 Å². The average molecular weight is 657 g/mol. The molecule has 1 atom stereocenters. The van der Waals surface area contributed by atoms with Gasteiger partial charge in [0.05, 0.1) is 40.3 Å². The topological polar surface area (TPSA) is 175 Å². The van der Waals surface area contributed by atoms with Gasteiger partial charge in [0, 0.05) is 24.1 Å². The van der Waals surface area contributed by atoms with Crippen LogP contribution in [0.15, 0.2) is 96.5 Å². The maximum absolute atomic E-state index is 13.5. The fraction of sp³-hybridized carbons (Fsp3) is 0.182. The van der Waals surface area contributed by atoms with Crippen molar-refractivity contribution in [3.63, 3.8) is 0 Å². The molecular formula is C33H32N6O7S. The molecule has 242 valence electrons. The number of aromatic hydroxyl groups is 1. The van der Waals surface area contributed by atoms with Crippen LogP contribution in [0.25, 0.3) is 11.4 Å². The van der Waals surface area contributed by atoms with E-state index >= 15 is 0 Å². The lowest BCUT2D eigenvalue weighted by molar-refractivity contribution is -0.115. The molecule has 0 spiro atoms. The van der Waals surface area contributed by atoms with Gasteiger partial charge in [0.25, 0.3) is 5.91 Å². The number of para-hydroxylation sites is 1. The highest BCUT2D eigenvalue weighted by Crippen LogP contribution is 2.34. The van der Waals surface area contributed by atoms with Crippen molar-refractivity contribution in [2.75, 3.05) is 17.2 Å². The van der Waals surface area contributed by atoms with Crippen LogP contribution >= 0.6 is 0 Å². The molecule has 0 aliphatic rings. The number of anilines is 2. The molecule has 2 amide bonds. The number of rotatable bonds is 11. The van der Waals surface area contributed by atoms with Crippen molar-refractivity contribution in [2.24, 2.45) is 0 Å². The number of phenols is 1. The number of hydrogen-bond acceptors (Lipinski definition) is 9. The molecule has 0 fully saturated rings. The van der Waals surface area contributed by atoms with Gasteiger partial charge < -0.3 is 25.0 Å². The molecule has 47 heavy (non-hydrogen) atoms. The van der Waals surface area contributed by atoms with Crippen molar-refractivity contribution in [1.29, 1.82) is 0 Å². The van der Waals surface area contributed by atoms with Crippen LogP contribution in [0.4, 0.5) is 11.4 Å². The van der Waals surface area contributed by atoms with Crippen LogP contribution in [-0.4, -0.2) is 62.5 Å². The maximum atomic E-state index is 13.5. The third kappa shape index (κ3) is 7.07. The van der Waals surface area contributed by atoms with Crippen LogP contribution < -0.4 is 10.6 Å². The fourth-order valence-corrected chi connectivity index (χ4v) is 6.38. The predicted octanol–water partition coefficient (Wildman–Crippen LogP) is 4.69. The summed E-state index contributed by atoms with van der Waals surface area (Å²) in [4.78, 5) is 43.2.